The minimum absolute atomic E-state index is 0.278. The molecule has 0 spiro atoms. The summed E-state index contributed by atoms with van der Waals surface area (Å²) in [5.74, 6) is 0. The molecule has 1 atom stereocenters. The highest BCUT2D eigenvalue weighted by atomic mass is 32.1. The third-order valence-corrected chi connectivity index (χ3v) is 4.12. The number of nitrogens with one attached hydrogen (secondary N) is 1. The van der Waals surface area contributed by atoms with Crippen molar-refractivity contribution in [2.75, 3.05) is 6.61 Å². The first kappa shape index (κ1) is 12.9. The van der Waals surface area contributed by atoms with Crippen LogP contribution < -0.4 is 0 Å². The molecule has 1 fully saturated rings. The molecule has 19 heavy (non-hydrogen) atoms. The fourth-order valence-electron chi connectivity index (χ4n) is 2.81. The number of aromatic amines is 1. The lowest BCUT2D eigenvalue weighted by Crippen LogP contribution is -2.25. The van der Waals surface area contributed by atoms with Gasteiger partial charge in [-0.2, -0.15) is 5.10 Å². The monoisotopic (exact) mass is 280 g/mol. The van der Waals surface area contributed by atoms with E-state index < -0.39 is 0 Å². The van der Waals surface area contributed by atoms with Gasteiger partial charge in [-0.25, -0.2) is 4.68 Å². The number of aromatic nitrogens is 4. The first-order chi connectivity index (χ1) is 9.20. The van der Waals surface area contributed by atoms with Gasteiger partial charge < -0.3 is 9.72 Å². The van der Waals surface area contributed by atoms with E-state index in [9.17, 15) is 0 Å². The predicted molar refractivity (Wildman–Crippen MR) is 76.9 cm³/mol. The lowest BCUT2D eigenvalue weighted by atomic mass is 10.1. The van der Waals surface area contributed by atoms with Crippen LogP contribution in [0, 0.1) is 11.7 Å². The normalized spacial score (nSPS) is 20.2. The fourth-order valence-corrected chi connectivity index (χ4v) is 3.07. The van der Waals surface area contributed by atoms with E-state index in [2.05, 4.69) is 21.6 Å². The summed E-state index contributed by atoms with van der Waals surface area (Å²) in [6, 6.07) is 0. The standard InChI is InChI=1S/C13H20N4OS/c1-3-17-12-11(9(2)15-17)14-13(19)16(12)8-10-6-4-5-7-18-10/h10H,3-8H2,1-2H3,(H,14,19). The number of imidazole rings is 1. The molecule has 0 aromatic carbocycles. The smallest absolute Gasteiger partial charge is 0.179 e. The predicted octanol–water partition coefficient (Wildman–Crippen LogP) is 2.79. The summed E-state index contributed by atoms with van der Waals surface area (Å²) < 4.78 is 10.8. The van der Waals surface area contributed by atoms with E-state index in [1.807, 2.05) is 11.6 Å². The maximum absolute atomic E-state index is 5.82. The number of H-pyrrole nitrogens is 1. The van der Waals surface area contributed by atoms with Gasteiger partial charge in [0.25, 0.3) is 0 Å². The maximum atomic E-state index is 5.82. The van der Waals surface area contributed by atoms with Crippen molar-refractivity contribution in [2.45, 2.75) is 52.3 Å². The summed E-state index contributed by atoms with van der Waals surface area (Å²) in [4.78, 5) is 3.28. The number of hydrogen-bond acceptors (Lipinski definition) is 3. The van der Waals surface area contributed by atoms with Crippen LogP contribution in [0.15, 0.2) is 0 Å². The van der Waals surface area contributed by atoms with Crippen LogP contribution in [0.25, 0.3) is 11.2 Å². The van der Waals surface area contributed by atoms with E-state index in [1.165, 1.54) is 12.8 Å². The fraction of sp³-hybridized carbons (Fsp3) is 0.692. The van der Waals surface area contributed by atoms with Gasteiger partial charge >= 0.3 is 0 Å². The summed E-state index contributed by atoms with van der Waals surface area (Å²) >= 11 is 5.45. The van der Waals surface area contributed by atoms with E-state index in [1.54, 1.807) is 0 Å². The Morgan fingerprint density at radius 2 is 2.32 bits per heavy atom. The largest absolute Gasteiger partial charge is 0.376 e. The number of nitrogens with zero attached hydrogens (tertiary/aromatic N) is 3. The number of ether oxygens (including phenoxy) is 1. The summed E-state index contributed by atoms with van der Waals surface area (Å²) in [6.07, 6.45) is 3.82. The first-order valence-electron chi connectivity index (χ1n) is 6.98. The molecule has 1 N–H and O–H groups in total. The zero-order chi connectivity index (χ0) is 13.4. The third kappa shape index (κ3) is 2.23. The Balaban J connectivity index is 2.01. The van der Waals surface area contributed by atoms with Crippen molar-refractivity contribution in [3.63, 3.8) is 0 Å². The Hall–Kier alpha value is -1.14. The highest BCUT2D eigenvalue weighted by molar-refractivity contribution is 7.71. The van der Waals surface area contributed by atoms with Crippen molar-refractivity contribution >= 4 is 23.4 Å². The molecule has 0 radical (unpaired) electrons. The Morgan fingerprint density at radius 1 is 1.47 bits per heavy atom. The number of hydrogen-bond donors (Lipinski definition) is 1. The Bertz CT molecular complexity index is 633. The van der Waals surface area contributed by atoms with Gasteiger partial charge in [-0.3, -0.25) is 4.57 Å². The SMILES string of the molecule is CCn1nc(C)c2[nH]c(=S)n(CC3CCCCO3)c21. The van der Waals surface area contributed by atoms with E-state index in [-0.39, 0.29) is 6.10 Å². The zero-order valence-corrected chi connectivity index (χ0v) is 12.3. The van der Waals surface area contributed by atoms with Gasteiger partial charge in [0.2, 0.25) is 0 Å². The molecule has 1 saturated heterocycles. The van der Waals surface area contributed by atoms with Gasteiger partial charge in [-0.05, 0) is 45.3 Å². The molecule has 0 saturated carbocycles. The van der Waals surface area contributed by atoms with Crippen LogP contribution in [0.5, 0.6) is 0 Å². The average molecular weight is 280 g/mol. The highest BCUT2D eigenvalue weighted by Gasteiger charge is 2.19. The molecular weight excluding hydrogens is 260 g/mol. The van der Waals surface area contributed by atoms with E-state index in [0.29, 0.717) is 0 Å². The number of rotatable bonds is 3. The van der Waals surface area contributed by atoms with Gasteiger partial charge in [0.15, 0.2) is 10.4 Å². The summed E-state index contributed by atoms with van der Waals surface area (Å²) in [5.41, 5.74) is 3.16. The number of aryl methyl sites for hydroxylation is 2. The molecule has 6 heteroatoms. The number of fused-ring (bicyclic) bond motifs is 1. The topological polar surface area (TPSA) is 47.8 Å². The van der Waals surface area contributed by atoms with Crippen LogP contribution >= 0.6 is 12.2 Å². The average Bonchev–Trinajstić information content (AvgIpc) is 2.90. The van der Waals surface area contributed by atoms with E-state index >= 15 is 0 Å². The molecular formula is C13H20N4OS. The van der Waals surface area contributed by atoms with Crippen LogP contribution in [0.1, 0.15) is 31.9 Å². The van der Waals surface area contributed by atoms with Crippen molar-refractivity contribution in [3.05, 3.63) is 10.5 Å². The molecule has 104 valence electrons. The third-order valence-electron chi connectivity index (χ3n) is 3.79. The van der Waals surface area contributed by atoms with Crippen molar-refractivity contribution in [1.29, 1.82) is 0 Å². The van der Waals surface area contributed by atoms with Gasteiger partial charge in [-0.1, -0.05) is 0 Å². The van der Waals surface area contributed by atoms with Crippen molar-refractivity contribution in [1.82, 2.24) is 19.3 Å². The molecule has 3 rings (SSSR count). The second kappa shape index (κ2) is 5.09. The highest BCUT2D eigenvalue weighted by Crippen LogP contribution is 2.21. The van der Waals surface area contributed by atoms with Gasteiger partial charge in [0, 0.05) is 13.2 Å². The first-order valence-corrected chi connectivity index (χ1v) is 7.39. The Morgan fingerprint density at radius 3 is 3.00 bits per heavy atom. The molecule has 0 aliphatic carbocycles. The maximum Gasteiger partial charge on any atom is 0.179 e. The Kier molecular flexibility index (Phi) is 3.45. The van der Waals surface area contributed by atoms with Crippen LogP contribution in [0.3, 0.4) is 0 Å². The van der Waals surface area contributed by atoms with Crippen LogP contribution in [0.2, 0.25) is 0 Å². The van der Waals surface area contributed by atoms with E-state index in [4.69, 9.17) is 17.0 Å². The van der Waals surface area contributed by atoms with E-state index in [0.717, 1.165) is 47.7 Å². The summed E-state index contributed by atoms with van der Waals surface area (Å²) in [7, 11) is 0. The van der Waals surface area contributed by atoms with Crippen molar-refractivity contribution < 1.29 is 4.74 Å². The van der Waals surface area contributed by atoms with Crippen LogP contribution in [-0.2, 0) is 17.8 Å². The molecule has 1 aliphatic heterocycles. The zero-order valence-electron chi connectivity index (χ0n) is 11.5. The molecule has 0 bridgehead atoms. The molecule has 1 unspecified atom stereocenters. The second-order valence-electron chi connectivity index (χ2n) is 5.13. The molecule has 2 aromatic heterocycles. The van der Waals surface area contributed by atoms with Crippen LogP contribution in [-0.4, -0.2) is 32.0 Å². The minimum Gasteiger partial charge on any atom is -0.376 e. The lowest BCUT2D eigenvalue weighted by Gasteiger charge is -2.23. The van der Waals surface area contributed by atoms with Gasteiger partial charge in [0.1, 0.15) is 5.52 Å². The van der Waals surface area contributed by atoms with Crippen molar-refractivity contribution in [2.24, 2.45) is 0 Å². The Labute approximate surface area is 117 Å². The summed E-state index contributed by atoms with van der Waals surface area (Å²) in [5, 5.41) is 4.54. The molecule has 1 aliphatic rings. The molecule has 3 heterocycles. The summed E-state index contributed by atoms with van der Waals surface area (Å²) in [6.45, 7) is 6.66. The van der Waals surface area contributed by atoms with Crippen LogP contribution in [0.4, 0.5) is 0 Å². The molecule has 0 amide bonds. The van der Waals surface area contributed by atoms with Gasteiger partial charge in [-0.15, -0.1) is 0 Å². The van der Waals surface area contributed by atoms with Gasteiger partial charge in [0.05, 0.1) is 18.3 Å². The van der Waals surface area contributed by atoms with Crippen molar-refractivity contribution in [3.8, 4) is 0 Å². The molecule has 5 nitrogen and oxygen atoms in total. The quantitative estimate of drug-likeness (QED) is 0.879. The lowest BCUT2D eigenvalue weighted by molar-refractivity contribution is 0.00623. The molecule has 2 aromatic rings. The minimum atomic E-state index is 0.278. The second-order valence-corrected chi connectivity index (χ2v) is 5.52.